The summed E-state index contributed by atoms with van der Waals surface area (Å²) in [6, 6.07) is 2.32. The Hall–Kier alpha value is -2.60. The van der Waals surface area contributed by atoms with Crippen molar-refractivity contribution in [2.45, 2.75) is 38.6 Å². The smallest absolute Gasteiger partial charge is 0.358 e. The zero-order chi connectivity index (χ0) is 15.2. The molecule has 1 aliphatic rings. The summed E-state index contributed by atoms with van der Waals surface area (Å²) in [5.41, 5.74) is 1.02. The van der Waals surface area contributed by atoms with Gasteiger partial charge in [-0.15, -0.1) is 0 Å². The van der Waals surface area contributed by atoms with Gasteiger partial charge in [0.1, 0.15) is 0 Å². The van der Waals surface area contributed by atoms with Gasteiger partial charge in [0.15, 0.2) is 17.2 Å². The van der Waals surface area contributed by atoms with Crippen molar-refractivity contribution in [2.24, 2.45) is 0 Å². The van der Waals surface area contributed by atoms with Gasteiger partial charge in [-0.25, -0.2) is 14.8 Å². The van der Waals surface area contributed by atoms with E-state index in [2.05, 4.69) is 31.9 Å². The van der Waals surface area contributed by atoms with Crippen LogP contribution in [0.2, 0.25) is 0 Å². The van der Waals surface area contributed by atoms with Gasteiger partial charge in [-0.05, 0) is 32.1 Å². The van der Waals surface area contributed by atoms with E-state index in [4.69, 9.17) is 5.26 Å². The van der Waals surface area contributed by atoms with E-state index < -0.39 is 5.97 Å². The minimum Gasteiger partial charge on any atom is -0.464 e. The Bertz CT molecular complexity index is 648. The van der Waals surface area contributed by atoms with Gasteiger partial charge in [-0.3, -0.25) is 0 Å². The van der Waals surface area contributed by atoms with Gasteiger partial charge in [0.05, 0.1) is 25.3 Å². The predicted molar refractivity (Wildman–Crippen MR) is 76.5 cm³/mol. The molecule has 0 saturated heterocycles. The average molecular weight is 284 g/mol. The number of ether oxygens (including phenoxy) is 1. The maximum absolute atomic E-state index is 11.7. The lowest BCUT2D eigenvalue weighted by atomic mass is 9.93. The minimum absolute atomic E-state index is 0.103. The molecule has 108 valence electrons. The van der Waals surface area contributed by atoms with Gasteiger partial charge in [-0.1, -0.05) is 5.92 Å². The molecule has 1 aromatic heterocycles. The van der Waals surface area contributed by atoms with Crippen LogP contribution in [0.1, 0.15) is 47.6 Å². The van der Waals surface area contributed by atoms with E-state index in [1.54, 1.807) is 6.92 Å². The lowest BCUT2D eigenvalue weighted by molar-refractivity contribution is 0.0592. The first-order valence-electron chi connectivity index (χ1n) is 6.75. The first-order valence-corrected chi connectivity index (χ1v) is 6.75. The van der Waals surface area contributed by atoms with Crippen LogP contribution in [0.25, 0.3) is 0 Å². The molecule has 2 rings (SSSR count). The quantitative estimate of drug-likeness (QED) is 0.672. The van der Waals surface area contributed by atoms with Crippen molar-refractivity contribution in [1.82, 2.24) is 9.97 Å². The zero-order valence-corrected chi connectivity index (χ0v) is 12.1. The number of hydrogen-bond acceptors (Lipinski definition) is 6. The molecule has 1 saturated carbocycles. The van der Waals surface area contributed by atoms with Crippen molar-refractivity contribution in [3.8, 4) is 17.9 Å². The van der Waals surface area contributed by atoms with Gasteiger partial charge in [0, 0.05) is 6.04 Å². The molecule has 21 heavy (non-hydrogen) atoms. The Balaban J connectivity index is 2.37. The topological polar surface area (TPSA) is 87.9 Å². The first kappa shape index (κ1) is 14.8. The summed E-state index contributed by atoms with van der Waals surface area (Å²) in [5, 5.41) is 11.8. The van der Waals surface area contributed by atoms with Crippen molar-refractivity contribution in [2.75, 3.05) is 12.4 Å². The molecule has 0 amide bonds. The number of anilines is 1. The fourth-order valence-electron chi connectivity index (χ4n) is 1.91. The number of carbonyl (C=O) groups excluding carboxylic acids is 1. The van der Waals surface area contributed by atoms with Gasteiger partial charge in [0.25, 0.3) is 0 Å². The summed E-state index contributed by atoms with van der Waals surface area (Å²) in [5.74, 6) is 5.52. The van der Waals surface area contributed by atoms with Crippen molar-refractivity contribution in [3.63, 3.8) is 0 Å². The third-order valence-corrected chi connectivity index (χ3v) is 3.27. The standard InChI is InChI=1S/C15H16N4O2/c1-10-13(15(20)21-2)19-12(8-3-4-9-16)14(17-10)18-11-6-5-7-11/h11H,4-7H2,1-2H3,(H,17,18). The van der Waals surface area contributed by atoms with Crippen LogP contribution in [0, 0.1) is 30.1 Å². The molecular weight excluding hydrogens is 268 g/mol. The second-order valence-electron chi connectivity index (χ2n) is 4.76. The van der Waals surface area contributed by atoms with E-state index in [0.29, 0.717) is 23.2 Å². The Kier molecular flexibility index (Phi) is 4.73. The van der Waals surface area contributed by atoms with Crippen LogP contribution in [-0.4, -0.2) is 29.1 Å². The molecule has 0 atom stereocenters. The zero-order valence-electron chi connectivity index (χ0n) is 12.1. The molecule has 1 aromatic rings. The molecule has 1 aliphatic carbocycles. The maximum Gasteiger partial charge on any atom is 0.358 e. The Labute approximate surface area is 123 Å². The highest BCUT2D eigenvalue weighted by molar-refractivity contribution is 5.88. The third-order valence-electron chi connectivity index (χ3n) is 3.27. The summed E-state index contributed by atoms with van der Waals surface area (Å²) in [4.78, 5) is 20.3. The number of esters is 1. The molecule has 1 fully saturated rings. The van der Waals surface area contributed by atoms with Crippen molar-refractivity contribution in [3.05, 3.63) is 17.1 Å². The van der Waals surface area contributed by atoms with E-state index in [0.717, 1.165) is 12.8 Å². The van der Waals surface area contributed by atoms with Gasteiger partial charge in [-0.2, -0.15) is 5.26 Å². The van der Waals surface area contributed by atoms with Crippen molar-refractivity contribution >= 4 is 11.8 Å². The second kappa shape index (κ2) is 6.71. The summed E-state index contributed by atoms with van der Waals surface area (Å²) in [7, 11) is 1.30. The van der Waals surface area contributed by atoms with E-state index in [1.165, 1.54) is 13.5 Å². The molecule has 0 aromatic carbocycles. The minimum atomic E-state index is -0.543. The molecule has 0 radical (unpaired) electrons. The molecule has 1 N–H and O–H groups in total. The SMILES string of the molecule is COC(=O)c1nc(C#CCC#N)c(NC2CCC2)nc1C. The predicted octanol–water partition coefficient (Wildman–Crippen LogP) is 1.80. The molecule has 0 bridgehead atoms. The van der Waals surface area contributed by atoms with Crippen LogP contribution in [0.15, 0.2) is 0 Å². The lowest BCUT2D eigenvalue weighted by Gasteiger charge is -2.27. The van der Waals surface area contributed by atoms with Crippen LogP contribution in [0.4, 0.5) is 5.82 Å². The van der Waals surface area contributed by atoms with E-state index in [-0.39, 0.29) is 12.1 Å². The number of carbonyl (C=O) groups is 1. The molecule has 1 heterocycles. The van der Waals surface area contributed by atoms with Crippen LogP contribution in [-0.2, 0) is 4.74 Å². The molecule has 0 aliphatic heterocycles. The number of aromatic nitrogens is 2. The van der Waals surface area contributed by atoms with Crippen molar-refractivity contribution in [1.29, 1.82) is 5.26 Å². The second-order valence-corrected chi connectivity index (χ2v) is 4.76. The van der Waals surface area contributed by atoms with Gasteiger partial charge >= 0.3 is 5.97 Å². The monoisotopic (exact) mass is 284 g/mol. The van der Waals surface area contributed by atoms with Gasteiger partial charge < -0.3 is 10.1 Å². The average Bonchev–Trinajstić information content (AvgIpc) is 2.44. The molecule has 6 nitrogen and oxygen atoms in total. The number of nitriles is 1. The van der Waals surface area contributed by atoms with E-state index in [1.807, 2.05) is 6.07 Å². The molecule has 6 heteroatoms. The maximum atomic E-state index is 11.7. The highest BCUT2D eigenvalue weighted by Gasteiger charge is 2.21. The van der Waals surface area contributed by atoms with Crippen LogP contribution >= 0.6 is 0 Å². The normalized spacial score (nSPS) is 13.4. The van der Waals surface area contributed by atoms with E-state index >= 15 is 0 Å². The van der Waals surface area contributed by atoms with Gasteiger partial charge in [0.2, 0.25) is 0 Å². The fourth-order valence-corrected chi connectivity index (χ4v) is 1.91. The summed E-state index contributed by atoms with van der Waals surface area (Å²) in [6.45, 7) is 1.71. The fraction of sp³-hybridized carbons (Fsp3) is 0.467. The lowest BCUT2D eigenvalue weighted by Crippen LogP contribution is -2.28. The Morgan fingerprint density at radius 2 is 2.24 bits per heavy atom. The van der Waals surface area contributed by atoms with Crippen LogP contribution in [0.3, 0.4) is 0 Å². The number of rotatable bonds is 3. The Morgan fingerprint density at radius 1 is 1.48 bits per heavy atom. The molecule has 0 spiro atoms. The first-order chi connectivity index (χ1) is 10.2. The molecular formula is C15H16N4O2. The largest absolute Gasteiger partial charge is 0.464 e. The number of hydrogen-bond donors (Lipinski definition) is 1. The molecule has 0 unspecified atom stereocenters. The third kappa shape index (κ3) is 3.49. The van der Waals surface area contributed by atoms with Crippen molar-refractivity contribution < 1.29 is 9.53 Å². The summed E-state index contributed by atoms with van der Waals surface area (Å²) in [6.07, 6.45) is 3.47. The number of nitrogens with zero attached hydrogens (tertiary/aromatic N) is 3. The van der Waals surface area contributed by atoms with E-state index in [9.17, 15) is 4.79 Å². The van der Waals surface area contributed by atoms with Crippen LogP contribution < -0.4 is 5.32 Å². The summed E-state index contributed by atoms with van der Waals surface area (Å²) >= 11 is 0. The number of aryl methyl sites for hydroxylation is 1. The summed E-state index contributed by atoms with van der Waals surface area (Å²) < 4.78 is 4.69. The number of methoxy groups -OCH3 is 1. The highest BCUT2D eigenvalue weighted by Crippen LogP contribution is 2.24. The highest BCUT2D eigenvalue weighted by atomic mass is 16.5. The Morgan fingerprint density at radius 3 is 2.81 bits per heavy atom. The number of nitrogens with one attached hydrogen (secondary N) is 1. The van der Waals surface area contributed by atoms with Crippen LogP contribution in [0.5, 0.6) is 0 Å².